The molecule has 38 heavy (non-hydrogen) atoms. The quantitative estimate of drug-likeness (QED) is 0.203. The minimum Gasteiger partial charge on any atom is -0.0871 e. The molecular weight excluding hydrogens is 524 g/mol. The van der Waals surface area contributed by atoms with E-state index >= 15 is 0 Å². The van der Waals surface area contributed by atoms with E-state index in [1.54, 1.807) is 0 Å². The van der Waals surface area contributed by atoms with E-state index in [9.17, 15) is 0 Å². The van der Waals surface area contributed by atoms with Gasteiger partial charge in [-0.3, -0.25) is 0 Å². The monoisotopic (exact) mass is 552 g/mol. The molecule has 1 atom stereocenters. The highest BCUT2D eigenvalue weighted by Crippen LogP contribution is 2.63. The maximum atomic E-state index is 3.91. The number of allylic oxidation sites excluding steroid dienone is 1. The maximum absolute atomic E-state index is 3.91. The van der Waals surface area contributed by atoms with Crippen molar-refractivity contribution in [3.63, 3.8) is 0 Å². The summed E-state index contributed by atoms with van der Waals surface area (Å²) >= 11 is 3.91. The molecular formula is C37H29Br. The van der Waals surface area contributed by atoms with Gasteiger partial charge in [0.05, 0.1) is 5.41 Å². The van der Waals surface area contributed by atoms with Crippen molar-refractivity contribution in [2.75, 3.05) is 0 Å². The standard InChI is InChI=1S/C37H29Br/c1-3-10-24-18-19-26(22-25(24)11-4-2)27-20-21-29-28-12-5-7-14-31(28)37(34(29)23-27)32-15-8-6-13-30(32)36-33(37)16-9-17-35(36)38/h4-9,11-23H,3,10H2,1-2H3/b11-4-. The van der Waals surface area contributed by atoms with Gasteiger partial charge < -0.3 is 0 Å². The van der Waals surface area contributed by atoms with Crippen LogP contribution in [0.1, 0.15) is 53.6 Å². The molecule has 0 saturated heterocycles. The summed E-state index contributed by atoms with van der Waals surface area (Å²) in [4.78, 5) is 0. The molecule has 0 amide bonds. The third kappa shape index (κ3) is 3.15. The molecule has 0 aromatic heterocycles. The van der Waals surface area contributed by atoms with Crippen molar-refractivity contribution in [1.82, 2.24) is 0 Å². The number of rotatable bonds is 4. The lowest BCUT2D eigenvalue weighted by Gasteiger charge is -2.30. The number of hydrogen-bond acceptors (Lipinski definition) is 0. The molecule has 5 aromatic rings. The number of fused-ring (bicyclic) bond motifs is 10. The van der Waals surface area contributed by atoms with Crippen LogP contribution in [-0.2, 0) is 11.8 Å². The zero-order valence-corrected chi connectivity index (χ0v) is 23.3. The van der Waals surface area contributed by atoms with Crippen molar-refractivity contribution in [2.24, 2.45) is 0 Å². The van der Waals surface area contributed by atoms with Gasteiger partial charge in [0, 0.05) is 10.0 Å². The number of halogens is 1. The van der Waals surface area contributed by atoms with Crippen LogP contribution in [0.3, 0.4) is 0 Å². The summed E-state index contributed by atoms with van der Waals surface area (Å²) in [5.74, 6) is 0. The first-order valence-corrected chi connectivity index (χ1v) is 14.4. The molecule has 0 heterocycles. The minimum absolute atomic E-state index is 0.327. The predicted molar refractivity (Wildman–Crippen MR) is 165 cm³/mol. The molecule has 1 spiro atoms. The third-order valence-corrected chi connectivity index (χ3v) is 9.07. The topological polar surface area (TPSA) is 0 Å². The smallest absolute Gasteiger partial charge is 0.0726 e. The van der Waals surface area contributed by atoms with Crippen LogP contribution in [0.25, 0.3) is 39.5 Å². The molecule has 1 unspecified atom stereocenters. The van der Waals surface area contributed by atoms with Crippen LogP contribution >= 0.6 is 15.9 Å². The van der Waals surface area contributed by atoms with E-state index in [0.29, 0.717) is 0 Å². The fourth-order valence-electron chi connectivity index (χ4n) is 6.93. The van der Waals surface area contributed by atoms with Gasteiger partial charge in [0.2, 0.25) is 0 Å². The van der Waals surface area contributed by atoms with Crippen molar-refractivity contribution in [2.45, 2.75) is 32.1 Å². The Labute approximate surface area is 233 Å². The summed E-state index contributed by atoms with van der Waals surface area (Å²) < 4.78 is 1.16. The molecule has 0 radical (unpaired) electrons. The fourth-order valence-corrected chi connectivity index (χ4v) is 7.51. The van der Waals surface area contributed by atoms with Crippen molar-refractivity contribution in [1.29, 1.82) is 0 Å². The SMILES string of the molecule is C/C=C\c1cc(-c2ccc3c(c2)C2(c4ccccc4-3)c3ccccc3-c3c(Br)cccc32)ccc1CCC. The van der Waals surface area contributed by atoms with Crippen molar-refractivity contribution < 1.29 is 0 Å². The average molecular weight is 554 g/mol. The van der Waals surface area contributed by atoms with Crippen LogP contribution in [0.2, 0.25) is 0 Å². The van der Waals surface area contributed by atoms with Gasteiger partial charge in [-0.15, -0.1) is 0 Å². The van der Waals surface area contributed by atoms with Gasteiger partial charge in [0.1, 0.15) is 0 Å². The second kappa shape index (κ2) is 8.96. The summed E-state index contributed by atoms with van der Waals surface area (Å²) in [6.07, 6.45) is 6.65. The lowest BCUT2D eigenvalue weighted by atomic mass is 9.70. The minimum atomic E-state index is -0.327. The summed E-state index contributed by atoms with van der Waals surface area (Å²) in [7, 11) is 0. The van der Waals surface area contributed by atoms with Crippen LogP contribution in [0.5, 0.6) is 0 Å². The Morgan fingerprint density at radius 1 is 0.658 bits per heavy atom. The van der Waals surface area contributed by atoms with Crippen LogP contribution in [0.15, 0.2) is 114 Å². The van der Waals surface area contributed by atoms with Gasteiger partial charge in [-0.1, -0.05) is 126 Å². The molecule has 5 aromatic carbocycles. The number of aryl methyl sites for hydroxylation is 1. The summed E-state index contributed by atoms with van der Waals surface area (Å²) in [6, 6.07) is 38.8. The lowest BCUT2D eigenvalue weighted by molar-refractivity contribution is 0.794. The van der Waals surface area contributed by atoms with E-state index in [-0.39, 0.29) is 5.41 Å². The maximum Gasteiger partial charge on any atom is 0.0726 e. The van der Waals surface area contributed by atoms with Gasteiger partial charge in [0.25, 0.3) is 0 Å². The van der Waals surface area contributed by atoms with Crippen molar-refractivity contribution >= 4 is 22.0 Å². The van der Waals surface area contributed by atoms with Crippen LogP contribution < -0.4 is 0 Å². The number of hydrogen-bond donors (Lipinski definition) is 0. The Kier molecular flexibility index (Phi) is 5.53. The first-order valence-electron chi connectivity index (χ1n) is 13.6. The van der Waals surface area contributed by atoms with Crippen LogP contribution in [0, 0.1) is 0 Å². The summed E-state index contributed by atoms with van der Waals surface area (Å²) in [5.41, 5.74) is 15.8. The Morgan fingerprint density at radius 3 is 2.11 bits per heavy atom. The van der Waals surface area contributed by atoms with E-state index in [2.05, 4.69) is 145 Å². The second-order valence-electron chi connectivity index (χ2n) is 10.4. The molecule has 7 rings (SSSR count). The van der Waals surface area contributed by atoms with Gasteiger partial charge in [-0.05, 0) is 92.7 Å². The molecule has 0 bridgehead atoms. The summed E-state index contributed by atoms with van der Waals surface area (Å²) in [6.45, 7) is 4.35. The highest BCUT2D eigenvalue weighted by Gasteiger charge is 2.52. The first kappa shape index (κ1) is 23.4. The second-order valence-corrected chi connectivity index (χ2v) is 11.3. The molecule has 184 valence electrons. The largest absolute Gasteiger partial charge is 0.0871 e. The summed E-state index contributed by atoms with van der Waals surface area (Å²) in [5, 5.41) is 0. The Hall–Kier alpha value is -3.68. The molecule has 0 fully saturated rings. The number of benzene rings is 5. The normalized spacial score (nSPS) is 16.5. The van der Waals surface area contributed by atoms with E-state index in [1.165, 1.54) is 66.8 Å². The lowest BCUT2D eigenvalue weighted by Crippen LogP contribution is -2.25. The Morgan fingerprint density at radius 2 is 1.32 bits per heavy atom. The molecule has 0 aliphatic heterocycles. The molecule has 2 aliphatic rings. The molecule has 1 heteroatoms. The van der Waals surface area contributed by atoms with Crippen molar-refractivity contribution in [3.05, 3.63) is 147 Å². The van der Waals surface area contributed by atoms with E-state index in [4.69, 9.17) is 0 Å². The van der Waals surface area contributed by atoms with Gasteiger partial charge in [-0.2, -0.15) is 0 Å². The molecule has 0 saturated carbocycles. The van der Waals surface area contributed by atoms with Crippen molar-refractivity contribution in [3.8, 4) is 33.4 Å². The van der Waals surface area contributed by atoms with E-state index in [0.717, 1.165) is 17.3 Å². The Bertz CT molecular complexity index is 1760. The van der Waals surface area contributed by atoms with Gasteiger partial charge in [0.15, 0.2) is 0 Å². The Balaban J connectivity index is 1.53. The molecule has 2 aliphatic carbocycles. The third-order valence-electron chi connectivity index (χ3n) is 8.41. The van der Waals surface area contributed by atoms with E-state index in [1.807, 2.05) is 0 Å². The predicted octanol–water partition coefficient (Wildman–Crippen LogP) is 10.4. The van der Waals surface area contributed by atoms with Gasteiger partial charge in [-0.25, -0.2) is 0 Å². The molecule has 0 N–H and O–H groups in total. The average Bonchev–Trinajstić information content (AvgIpc) is 3.42. The van der Waals surface area contributed by atoms with Crippen LogP contribution in [-0.4, -0.2) is 0 Å². The van der Waals surface area contributed by atoms with Crippen LogP contribution in [0.4, 0.5) is 0 Å². The fraction of sp³-hybridized carbons (Fsp3) is 0.135. The highest BCUT2D eigenvalue weighted by atomic mass is 79.9. The first-order chi connectivity index (χ1) is 18.7. The zero-order valence-electron chi connectivity index (χ0n) is 21.8. The highest BCUT2D eigenvalue weighted by molar-refractivity contribution is 9.10. The van der Waals surface area contributed by atoms with Gasteiger partial charge >= 0.3 is 0 Å². The van der Waals surface area contributed by atoms with E-state index < -0.39 is 0 Å². The zero-order chi connectivity index (χ0) is 25.9. The molecule has 0 nitrogen and oxygen atoms in total.